The lowest BCUT2D eigenvalue weighted by atomic mass is 9.49. The molecule has 2 aromatic rings. The first-order valence-electron chi connectivity index (χ1n) is 11.7. The highest BCUT2D eigenvalue weighted by molar-refractivity contribution is 6.07. The highest BCUT2D eigenvalue weighted by Crippen LogP contribution is 2.58. The topological polar surface area (TPSA) is 90.4 Å². The number of aromatic nitrogens is 1. The van der Waals surface area contributed by atoms with E-state index in [1.807, 2.05) is 6.08 Å². The van der Waals surface area contributed by atoms with E-state index in [-0.39, 0.29) is 33.8 Å². The van der Waals surface area contributed by atoms with Gasteiger partial charge in [-0.1, -0.05) is 64.5 Å². The Kier molecular flexibility index (Phi) is 5.85. The summed E-state index contributed by atoms with van der Waals surface area (Å²) in [5.74, 6) is 0.566. The number of nitrogens with one attached hydrogen (secondary N) is 1. The van der Waals surface area contributed by atoms with E-state index in [0.29, 0.717) is 23.0 Å². The number of hydrogen-bond donors (Lipinski definition) is 3. The highest BCUT2D eigenvalue weighted by Gasteiger charge is 2.50. The van der Waals surface area contributed by atoms with Crippen LogP contribution in [0.3, 0.4) is 0 Å². The fourth-order valence-corrected chi connectivity index (χ4v) is 6.09. The van der Waals surface area contributed by atoms with E-state index in [1.165, 1.54) is 30.8 Å². The fraction of sp³-hybridized carbons (Fsp3) is 0.429. The van der Waals surface area contributed by atoms with Crippen LogP contribution < -0.4 is 5.56 Å². The minimum Gasteiger partial charge on any atom is -0.508 e. The van der Waals surface area contributed by atoms with Crippen LogP contribution in [-0.2, 0) is 0 Å². The van der Waals surface area contributed by atoms with Gasteiger partial charge < -0.3 is 15.2 Å². The van der Waals surface area contributed by atoms with E-state index in [2.05, 4.69) is 44.8 Å². The number of pyridine rings is 1. The van der Waals surface area contributed by atoms with Crippen molar-refractivity contribution in [2.75, 3.05) is 0 Å². The van der Waals surface area contributed by atoms with Crippen molar-refractivity contribution in [1.29, 1.82) is 0 Å². The lowest BCUT2D eigenvalue weighted by Gasteiger charge is -2.55. The summed E-state index contributed by atoms with van der Waals surface area (Å²) in [6.07, 6.45) is 12.9. The monoisotopic (exact) mass is 447 g/mol. The second-order valence-electron chi connectivity index (χ2n) is 10.5. The van der Waals surface area contributed by atoms with Crippen LogP contribution >= 0.6 is 0 Å². The molecule has 0 unspecified atom stereocenters. The summed E-state index contributed by atoms with van der Waals surface area (Å²) in [6, 6.07) is 6.22. The lowest BCUT2D eigenvalue weighted by Crippen LogP contribution is -2.47. The largest absolute Gasteiger partial charge is 0.508 e. The Morgan fingerprint density at radius 3 is 2.52 bits per heavy atom. The molecule has 1 heterocycles. The number of carbonyl (C=O) groups is 1. The Bertz CT molecular complexity index is 1180. The summed E-state index contributed by atoms with van der Waals surface area (Å²) >= 11 is 0. The van der Waals surface area contributed by atoms with Gasteiger partial charge in [-0.05, 0) is 65.2 Å². The zero-order chi connectivity index (χ0) is 24.0. The van der Waals surface area contributed by atoms with Crippen molar-refractivity contribution in [3.05, 3.63) is 70.7 Å². The summed E-state index contributed by atoms with van der Waals surface area (Å²) in [5, 5.41) is 20.4. The molecule has 2 aliphatic carbocycles. The van der Waals surface area contributed by atoms with Crippen LogP contribution in [0, 0.1) is 28.6 Å². The predicted molar refractivity (Wildman–Crippen MR) is 130 cm³/mol. The first kappa shape index (κ1) is 23.1. The molecule has 174 valence electrons. The Morgan fingerprint density at radius 2 is 1.82 bits per heavy atom. The zero-order valence-electron chi connectivity index (χ0n) is 19.8. The number of carbonyl (C=O) groups excluding carboxylic acids is 1. The number of hydrogen-bond acceptors (Lipinski definition) is 4. The van der Waals surface area contributed by atoms with E-state index in [0.717, 1.165) is 12.8 Å². The number of phenols is 1. The number of aromatic amines is 1. The number of rotatable bonds is 4. The molecule has 0 bridgehead atoms. The minimum atomic E-state index is -0.622. The Morgan fingerprint density at radius 1 is 1.12 bits per heavy atom. The third-order valence-corrected chi connectivity index (χ3v) is 8.12. The molecule has 2 aliphatic rings. The van der Waals surface area contributed by atoms with Crippen molar-refractivity contribution in [1.82, 2.24) is 4.98 Å². The molecule has 0 radical (unpaired) electrons. The number of aromatic hydroxyl groups is 2. The third-order valence-electron chi connectivity index (χ3n) is 8.12. The van der Waals surface area contributed by atoms with Gasteiger partial charge in [0.1, 0.15) is 17.1 Å². The standard InChI is InChI=1S/C28H33NO4/c1-17-5-10-23-27(3,15-17)13-11-18(2)28(23,4)14-12-22(31)24-25(32)21(16-29-26(24)33)19-6-8-20(30)9-7-19/h6-9,11-14,16-18,23,30H,5,10,15H2,1-4H3,(H2,29,32,33)/t17-,18-,23-,27-,28-/m1/s1. The number of ketones is 1. The number of allylic oxidation sites excluding steroid dienone is 4. The van der Waals surface area contributed by atoms with Crippen molar-refractivity contribution in [3.63, 3.8) is 0 Å². The summed E-state index contributed by atoms with van der Waals surface area (Å²) < 4.78 is 0. The third kappa shape index (κ3) is 4.05. The van der Waals surface area contributed by atoms with Crippen molar-refractivity contribution in [2.24, 2.45) is 28.6 Å². The van der Waals surface area contributed by atoms with Gasteiger partial charge in [0.25, 0.3) is 5.56 Å². The maximum absolute atomic E-state index is 13.2. The van der Waals surface area contributed by atoms with Crippen LogP contribution in [0.25, 0.3) is 11.1 Å². The van der Waals surface area contributed by atoms with E-state index in [1.54, 1.807) is 12.1 Å². The number of benzene rings is 1. The zero-order valence-corrected chi connectivity index (χ0v) is 19.8. The smallest absolute Gasteiger partial charge is 0.263 e. The minimum absolute atomic E-state index is 0.0880. The molecule has 0 spiro atoms. The molecule has 33 heavy (non-hydrogen) atoms. The predicted octanol–water partition coefficient (Wildman–Crippen LogP) is 5.85. The van der Waals surface area contributed by atoms with Crippen molar-refractivity contribution in [3.8, 4) is 22.6 Å². The average Bonchev–Trinajstić information content (AvgIpc) is 2.76. The molecule has 1 saturated carbocycles. The quantitative estimate of drug-likeness (QED) is 0.312. The summed E-state index contributed by atoms with van der Waals surface area (Å²) in [4.78, 5) is 28.3. The Hall–Kier alpha value is -3.08. The Labute approximate surface area is 194 Å². The lowest BCUT2D eigenvalue weighted by molar-refractivity contribution is 0.0149. The number of H-pyrrole nitrogens is 1. The summed E-state index contributed by atoms with van der Waals surface area (Å²) in [5.41, 5.74) is -0.103. The van der Waals surface area contributed by atoms with Crippen molar-refractivity contribution >= 4 is 5.78 Å². The van der Waals surface area contributed by atoms with Crippen molar-refractivity contribution in [2.45, 2.75) is 47.0 Å². The van der Waals surface area contributed by atoms with Crippen molar-refractivity contribution < 1.29 is 15.0 Å². The molecule has 0 saturated heterocycles. The molecule has 0 amide bonds. The van der Waals surface area contributed by atoms with Crippen LogP contribution in [0.15, 0.2) is 59.6 Å². The molecule has 1 aromatic carbocycles. The van der Waals surface area contributed by atoms with Gasteiger partial charge in [-0.25, -0.2) is 0 Å². The summed E-state index contributed by atoms with van der Waals surface area (Å²) in [6.45, 7) is 9.01. The van der Waals surface area contributed by atoms with Gasteiger partial charge in [-0.3, -0.25) is 9.59 Å². The molecule has 4 rings (SSSR count). The van der Waals surface area contributed by atoms with E-state index in [9.17, 15) is 19.8 Å². The fourth-order valence-electron chi connectivity index (χ4n) is 6.09. The van der Waals surface area contributed by atoms with E-state index in [4.69, 9.17) is 0 Å². The van der Waals surface area contributed by atoms with Gasteiger partial charge >= 0.3 is 0 Å². The second-order valence-corrected chi connectivity index (χ2v) is 10.5. The maximum Gasteiger partial charge on any atom is 0.263 e. The normalized spacial score (nSPS) is 31.5. The van der Waals surface area contributed by atoms with Crippen LogP contribution in [-0.4, -0.2) is 21.0 Å². The van der Waals surface area contributed by atoms with E-state index >= 15 is 0 Å². The van der Waals surface area contributed by atoms with Crippen LogP contribution in [0.4, 0.5) is 0 Å². The maximum atomic E-state index is 13.2. The molecular formula is C28H33NO4. The van der Waals surface area contributed by atoms with E-state index < -0.39 is 11.3 Å². The van der Waals surface area contributed by atoms with Gasteiger partial charge in [0.15, 0.2) is 5.78 Å². The molecule has 0 aliphatic heterocycles. The molecule has 5 heteroatoms. The van der Waals surface area contributed by atoms with Gasteiger partial charge in [0.05, 0.1) is 0 Å². The van der Waals surface area contributed by atoms with Gasteiger partial charge in [0.2, 0.25) is 0 Å². The van der Waals surface area contributed by atoms with Gasteiger partial charge in [0, 0.05) is 11.8 Å². The SMILES string of the molecule is C[C@@H]1CC[C@H]2[C@](C)(C=CC(=O)c3c(O)c(-c4ccc(O)cc4)c[nH]c3=O)[C@H](C)C=C[C@]2(C)C1. The second kappa shape index (κ2) is 8.36. The average molecular weight is 448 g/mol. The molecular weight excluding hydrogens is 414 g/mol. The van der Waals surface area contributed by atoms with Crippen LogP contribution in [0.2, 0.25) is 0 Å². The molecule has 3 N–H and O–H groups in total. The number of fused-ring (bicyclic) bond motifs is 1. The van der Waals surface area contributed by atoms with Gasteiger partial charge in [-0.2, -0.15) is 0 Å². The van der Waals surface area contributed by atoms with Crippen LogP contribution in [0.5, 0.6) is 11.5 Å². The molecule has 1 aromatic heterocycles. The summed E-state index contributed by atoms with van der Waals surface area (Å²) in [7, 11) is 0. The first-order chi connectivity index (χ1) is 15.5. The van der Waals surface area contributed by atoms with Crippen LogP contribution in [0.1, 0.15) is 57.3 Å². The molecule has 1 fully saturated rings. The Balaban J connectivity index is 1.69. The molecule has 5 nitrogen and oxygen atoms in total. The molecule has 5 atom stereocenters. The first-order valence-corrected chi connectivity index (χ1v) is 11.7. The van der Waals surface area contributed by atoms with Gasteiger partial charge in [-0.15, -0.1) is 0 Å². The number of phenolic OH excluding ortho intramolecular Hbond substituents is 1. The highest BCUT2D eigenvalue weighted by atomic mass is 16.3.